The maximum absolute atomic E-state index is 5.75. The highest BCUT2D eigenvalue weighted by Gasteiger charge is 2.10. The summed E-state index contributed by atoms with van der Waals surface area (Å²) in [7, 11) is 5.82. The first-order valence-corrected chi connectivity index (χ1v) is 8.69. The van der Waals surface area contributed by atoms with E-state index in [0.29, 0.717) is 13.2 Å². The van der Waals surface area contributed by atoms with Gasteiger partial charge in [-0.05, 0) is 24.3 Å². The largest absolute Gasteiger partial charge is 0.492 e. The topological polar surface area (TPSA) is 54.7 Å². The van der Waals surface area contributed by atoms with Crippen LogP contribution in [0.3, 0.4) is 0 Å². The molecule has 0 bridgehead atoms. The van der Waals surface area contributed by atoms with Gasteiger partial charge in [0.15, 0.2) is 5.96 Å². The molecule has 6 nitrogen and oxygen atoms in total. The van der Waals surface area contributed by atoms with Crippen LogP contribution in [0.25, 0.3) is 11.0 Å². The maximum atomic E-state index is 5.75. The highest BCUT2D eigenvalue weighted by atomic mass is 16.5. The van der Waals surface area contributed by atoms with E-state index in [1.807, 2.05) is 67.5 Å². The van der Waals surface area contributed by atoms with Gasteiger partial charge in [-0.3, -0.25) is 4.99 Å². The fourth-order valence-corrected chi connectivity index (χ4v) is 2.82. The van der Waals surface area contributed by atoms with Crippen molar-refractivity contribution in [3.8, 4) is 5.75 Å². The van der Waals surface area contributed by atoms with Crippen molar-refractivity contribution in [3.05, 3.63) is 60.4 Å². The van der Waals surface area contributed by atoms with Gasteiger partial charge in [-0.2, -0.15) is 0 Å². The van der Waals surface area contributed by atoms with Gasteiger partial charge in [0.1, 0.15) is 18.2 Å². The number of nitrogens with zero attached hydrogens (tertiary/aromatic N) is 4. The molecule has 3 rings (SSSR count). The summed E-state index contributed by atoms with van der Waals surface area (Å²) in [5.41, 5.74) is 2.13. The number of benzene rings is 2. The van der Waals surface area contributed by atoms with Crippen LogP contribution >= 0.6 is 0 Å². The summed E-state index contributed by atoms with van der Waals surface area (Å²) >= 11 is 0. The molecular formula is C20H25N5O. The fourth-order valence-electron chi connectivity index (χ4n) is 2.82. The fraction of sp³-hybridized carbons (Fsp3) is 0.300. The molecule has 0 saturated carbocycles. The summed E-state index contributed by atoms with van der Waals surface area (Å²) in [5.74, 6) is 2.67. The van der Waals surface area contributed by atoms with E-state index in [4.69, 9.17) is 4.74 Å². The lowest BCUT2D eigenvalue weighted by molar-refractivity contribution is 0.281. The van der Waals surface area contributed by atoms with E-state index in [1.165, 1.54) is 0 Å². The molecule has 0 aliphatic rings. The van der Waals surface area contributed by atoms with Gasteiger partial charge in [0.05, 0.1) is 24.1 Å². The van der Waals surface area contributed by atoms with Crippen LogP contribution in [-0.2, 0) is 13.6 Å². The number of aryl methyl sites for hydroxylation is 1. The molecule has 2 aromatic carbocycles. The normalized spacial score (nSPS) is 11.6. The van der Waals surface area contributed by atoms with Crippen LogP contribution in [-0.4, -0.2) is 47.7 Å². The number of aliphatic imine (C=N–C) groups is 1. The highest BCUT2D eigenvalue weighted by Crippen LogP contribution is 2.14. The van der Waals surface area contributed by atoms with Gasteiger partial charge < -0.3 is 19.5 Å². The summed E-state index contributed by atoms with van der Waals surface area (Å²) in [6, 6.07) is 18.0. The number of guanidine groups is 1. The Kier molecular flexibility index (Phi) is 5.73. The lowest BCUT2D eigenvalue weighted by Gasteiger charge is -2.22. The Morgan fingerprint density at radius 2 is 1.88 bits per heavy atom. The molecule has 0 radical (unpaired) electrons. The van der Waals surface area contributed by atoms with E-state index in [9.17, 15) is 0 Å². The number of likely N-dealkylation sites (N-methyl/N-ethyl adjacent to an activating group) is 1. The summed E-state index contributed by atoms with van der Waals surface area (Å²) in [5, 5.41) is 3.37. The quantitative estimate of drug-likeness (QED) is 0.548. The Bertz CT molecular complexity index is 872. The average molecular weight is 351 g/mol. The zero-order valence-corrected chi connectivity index (χ0v) is 15.5. The monoisotopic (exact) mass is 351 g/mol. The van der Waals surface area contributed by atoms with Gasteiger partial charge in [-0.15, -0.1) is 0 Å². The van der Waals surface area contributed by atoms with Crippen LogP contribution in [0.15, 0.2) is 59.6 Å². The van der Waals surface area contributed by atoms with Crippen molar-refractivity contribution in [3.63, 3.8) is 0 Å². The van der Waals surface area contributed by atoms with E-state index in [0.717, 1.165) is 35.1 Å². The predicted octanol–water partition coefficient (Wildman–Crippen LogP) is 2.66. The van der Waals surface area contributed by atoms with Crippen molar-refractivity contribution < 1.29 is 4.74 Å². The molecule has 3 aromatic rings. The van der Waals surface area contributed by atoms with Gasteiger partial charge in [0.2, 0.25) is 0 Å². The minimum Gasteiger partial charge on any atom is -0.492 e. The van der Waals surface area contributed by atoms with E-state index in [2.05, 4.69) is 25.9 Å². The second-order valence-electron chi connectivity index (χ2n) is 6.06. The Morgan fingerprint density at radius 3 is 2.62 bits per heavy atom. The summed E-state index contributed by atoms with van der Waals surface area (Å²) in [6.07, 6.45) is 0. The maximum Gasteiger partial charge on any atom is 0.193 e. The zero-order chi connectivity index (χ0) is 18.4. The minimum atomic E-state index is 0.591. The molecule has 6 heteroatoms. The van der Waals surface area contributed by atoms with E-state index in [-0.39, 0.29) is 0 Å². The lowest BCUT2D eigenvalue weighted by Crippen LogP contribution is -2.40. The van der Waals surface area contributed by atoms with Gasteiger partial charge in [0.25, 0.3) is 0 Å². The van der Waals surface area contributed by atoms with Gasteiger partial charge in [-0.1, -0.05) is 30.3 Å². The van der Waals surface area contributed by atoms with Crippen LogP contribution in [0.2, 0.25) is 0 Å². The minimum absolute atomic E-state index is 0.591. The summed E-state index contributed by atoms with van der Waals surface area (Å²) < 4.78 is 7.86. The Balaban J connectivity index is 1.54. The Hall–Kier alpha value is -3.02. The third-order valence-corrected chi connectivity index (χ3v) is 4.30. The molecule has 1 N–H and O–H groups in total. The van der Waals surface area contributed by atoms with Crippen molar-refractivity contribution in [2.75, 3.05) is 27.2 Å². The zero-order valence-electron chi connectivity index (χ0n) is 15.5. The van der Waals surface area contributed by atoms with Crippen LogP contribution in [0, 0.1) is 0 Å². The van der Waals surface area contributed by atoms with E-state index < -0.39 is 0 Å². The average Bonchev–Trinajstić information content (AvgIpc) is 2.99. The first-order chi connectivity index (χ1) is 12.7. The smallest absolute Gasteiger partial charge is 0.193 e. The number of fused-ring (bicyclic) bond motifs is 1. The summed E-state index contributed by atoms with van der Waals surface area (Å²) in [6.45, 7) is 1.94. The van der Waals surface area contributed by atoms with E-state index >= 15 is 0 Å². The molecule has 0 aliphatic carbocycles. The van der Waals surface area contributed by atoms with Crippen LogP contribution in [0.5, 0.6) is 5.75 Å². The number of hydrogen-bond acceptors (Lipinski definition) is 3. The lowest BCUT2D eigenvalue weighted by atomic mass is 10.3. The van der Waals surface area contributed by atoms with Crippen molar-refractivity contribution in [1.29, 1.82) is 0 Å². The van der Waals surface area contributed by atoms with Gasteiger partial charge in [-0.25, -0.2) is 4.98 Å². The Morgan fingerprint density at radius 1 is 1.15 bits per heavy atom. The SMILES string of the molecule is CN=C(NCc1nc2ccccc2n1C)N(C)CCOc1ccccc1. The number of rotatable bonds is 6. The number of para-hydroxylation sites is 3. The Labute approximate surface area is 154 Å². The van der Waals surface area contributed by atoms with Gasteiger partial charge in [0, 0.05) is 21.1 Å². The van der Waals surface area contributed by atoms with E-state index in [1.54, 1.807) is 7.05 Å². The number of imidazole rings is 1. The molecule has 0 unspecified atom stereocenters. The van der Waals surface area contributed by atoms with Crippen LogP contribution in [0.4, 0.5) is 0 Å². The second kappa shape index (κ2) is 8.38. The number of ether oxygens (including phenoxy) is 1. The van der Waals surface area contributed by atoms with Crippen LogP contribution in [0.1, 0.15) is 5.82 Å². The molecule has 0 atom stereocenters. The molecular weight excluding hydrogens is 326 g/mol. The molecule has 136 valence electrons. The first-order valence-electron chi connectivity index (χ1n) is 8.69. The summed E-state index contributed by atoms with van der Waals surface area (Å²) in [4.78, 5) is 11.1. The third-order valence-electron chi connectivity index (χ3n) is 4.30. The molecule has 1 aromatic heterocycles. The molecule has 0 aliphatic heterocycles. The van der Waals surface area contributed by atoms with Crippen molar-refractivity contribution >= 4 is 17.0 Å². The molecule has 1 heterocycles. The number of hydrogen-bond donors (Lipinski definition) is 1. The van der Waals surface area contributed by atoms with Crippen LogP contribution < -0.4 is 10.1 Å². The third kappa shape index (κ3) is 4.14. The van der Waals surface area contributed by atoms with Crippen molar-refractivity contribution in [2.45, 2.75) is 6.54 Å². The molecule has 0 saturated heterocycles. The molecule has 0 fully saturated rings. The standard InChI is InChI=1S/C20H25N5O/c1-21-20(24(2)13-14-26-16-9-5-4-6-10-16)22-15-19-23-17-11-7-8-12-18(17)25(19)3/h4-12H,13-15H2,1-3H3,(H,21,22). The molecule has 26 heavy (non-hydrogen) atoms. The number of nitrogens with one attached hydrogen (secondary N) is 1. The van der Waals surface area contributed by atoms with Gasteiger partial charge >= 0.3 is 0 Å². The second-order valence-corrected chi connectivity index (χ2v) is 6.06. The molecule has 0 spiro atoms. The molecule has 0 amide bonds. The first kappa shape index (κ1) is 17.8. The van der Waals surface area contributed by atoms with Crippen molar-refractivity contribution in [1.82, 2.24) is 19.8 Å². The van der Waals surface area contributed by atoms with Crippen molar-refractivity contribution in [2.24, 2.45) is 12.0 Å². The highest BCUT2D eigenvalue weighted by molar-refractivity contribution is 5.80. The number of aromatic nitrogens is 2. The predicted molar refractivity (Wildman–Crippen MR) is 105 cm³/mol.